The Morgan fingerprint density at radius 2 is 1.76 bits per heavy atom. The van der Waals surface area contributed by atoms with Crippen LogP contribution >= 0.6 is 0 Å². The monoisotopic (exact) mass is 412 g/mol. The van der Waals surface area contributed by atoms with E-state index < -0.39 is 23.4 Å². The van der Waals surface area contributed by atoms with Gasteiger partial charge in [-0.1, -0.05) is 0 Å². The summed E-state index contributed by atoms with van der Waals surface area (Å²) in [6.07, 6.45) is -3.23. The van der Waals surface area contributed by atoms with Gasteiger partial charge in [-0.25, -0.2) is 0 Å². The number of amides is 1. The third-order valence-corrected chi connectivity index (χ3v) is 5.03. The third kappa shape index (κ3) is 5.14. The number of aliphatic hydroxyl groups excluding tert-OH is 1. The second kappa shape index (κ2) is 8.93. The van der Waals surface area contributed by atoms with E-state index >= 15 is 0 Å². The lowest BCUT2D eigenvalue weighted by molar-refractivity contribution is -0.137. The molecule has 2 aliphatic rings. The molecular formula is C19H23F3N4O3. The van der Waals surface area contributed by atoms with E-state index in [9.17, 15) is 22.8 Å². The van der Waals surface area contributed by atoms with Gasteiger partial charge in [0.1, 0.15) is 5.57 Å². The number of hydrogen-bond donors (Lipinski definition) is 3. The third-order valence-electron chi connectivity index (χ3n) is 5.03. The molecule has 1 saturated heterocycles. The first-order valence-electron chi connectivity index (χ1n) is 9.36. The Balaban J connectivity index is 1.56. The van der Waals surface area contributed by atoms with E-state index in [0.717, 1.165) is 50.9 Å². The van der Waals surface area contributed by atoms with E-state index in [2.05, 4.69) is 20.4 Å². The van der Waals surface area contributed by atoms with Crippen molar-refractivity contribution in [1.82, 2.24) is 15.1 Å². The molecule has 0 radical (unpaired) electrons. The lowest BCUT2D eigenvalue weighted by Crippen LogP contribution is -2.48. The SMILES string of the molecule is O=C1Nc2cc(C(F)(F)F)ccc2C(=O)C1=CNCCN1CCN(CCO)CC1. The summed E-state index contributed by atoms with van der Waals surface area (Å²) >= 11 is 0. The van der Waals surface area contributed by atoms with Gasteiger partial charge < -0.3 is 15.7 Å². The molecule has 2 heterocycles. The number of ketones is 1. The molecule has 29 heavy (non-hydrogen) atoms. The number of alkyl halides is 3. The predicted molar refractivity (Wildman–Crippen MR) is 100 cm³/mol. The number of benzene rings is 1. The topological polar surface area (TPSA) is 84.9 Å². The Labute approximate surface area is 166 Å². The number of aliphatic hydroxyl groups is 1. The van der Waals surface area contributed by atoms with E-state index in [4.69, 9.17) is 5.11 Å². The Kier molecular flexibility index (Phi) is 6.56. The maximum atomic E-state index is 12.8. The van der Waals surface area contributed by atoms with Gasteiger partial charge in [0.25, 0.3) is 5.91 Å². The van der Waals surface area contributed by atoms with Gasteiger partial charge in [-0.05, 0) is 18.2 Å². The van der Waals surface area contributed by atoms with E-state index in [-0.39, 0.29) is 23.4 Å². The zero-order valence-corrected chi connectivity index (χ0v) is 15.8. The summed E-state index contributed by atoms with van der Waals surface area (Å²) in [6.45, 7) is 5.53. The zero-order chi connectivity index (χ0) is 21.0. The number of halogens is 3. The van der Waals surface area contributed by atoms with Gasteiger partial charge in [-0.2, -0.15) is 13.2 Å². The Bertz CT molecular complexity index is 802. The van der Waals surface area contributed by atoms with Crippen molar-refractivity contribution in [3.05, 3.63) is 41.1 Å². The summed E-state index contributed by atoms with van der Waals surface area (Å²) in [5, 5.41) is 14.3. The smallest absolute Gasteiger partial charge is 0.395 e. The summed E-state index contributed by atoms with van der Waals surface area (Å²) in [7, 11) is 0. The first-order valence-corrected chi connectivity index (χ1v) is 9.36. The van der Waals surface area contributed by atoms with E-state index in [1.807, 2.05) is 0 Å². The standard InChI is InChI=1S/C19H23F3N4O3/c20-19(21,22)13-1-2-14-16(11-13)24-18(29)15(17(14)28)12-23-3-4-25-5-7-26(8-6-25)9-10-27/h1-2,11-12,23,27H,3-10H2,(H,24,29). The molecule has 7 nitrogen and oxygen atoms in total. The highest BCUT2D eigenvalue weighted by Crippen LogP contribution is 2.34. The second-order valence-electron chi connectivity index (χ2n) is 6.96. The number of nitrogens with one attached hydrogen (secondary N) is 2. The number of fused-ring (bicyclic) bond motifs is 1. The first kappa shape index (κ1) is 21.3. The van der Waals surface area contributed by atoms with Crippen LogP contribution in [0.2, 0.25) is 0 Å². The maximum Gasteiger partial charge on any atom is 0.416 e. The van der Waals surface area contributed by atoms with Gasteiger partial charge in [-0.3, -0.25) is 19.4 Å². The van der Waals surface area contributed by atoms with Gasteiger partial charge in [0.2, 0.25) is 5.78 Å². The number of piperazine rings is 1. The molecule has 0 saturated carbocycles. The van der Waals surface area contributed by atoms with Gasteiger partial charge in [0.05, 0.1) is 17.9 Å². The molecule has 158 valence electrons. The number of nitrogens with zero attached hydrogens (tertiary/aromatic N) is 2. The fourth-order valence-corrected chi connectivity index (χ4v) is 3.37. The fourth-order valence-electron chi connectivity index (χ4n) is 3.37. The van der Waals surface area contributed by atoms with Crippen molar-refractivity contribution in [2.24, 2.45) is 0 Å². The van der Waals surface area contributed by atoms with E-state index in [0.29, 0.717) is 13.1 Å². The zero-order valence-electron chi connectivity index (χ0n) is 15.8. The number of carbonyl (C=O) groups excluding carboxylic acids is 2. The highest BCUT2D eigenvalue weighted by atomic mass is 19.4. The molecule has 1 fully saturated rings. The lowest BCUT2D eigenvalue weighted by atomic mass is 9.96. The van der Waals surface area contributed by atoms with Crippen molar-refractivity contribution in [2.45, 2.75) is 6.18 Å². The number of anilines is 1. The molecule has 1 aromatic carbocycles. The maximum absolute atomic E-state index is 12.8. The summed E-state index contributed by atoms with van der Waals surface area (Å²) < 4.78 is 38.4. The number of hydrogen-bond acceptors (Lipinski definition) is 6. The van der Waals surface area contributed by atoms with Gasteiger partial charge >= 0.3 is 6.18 Å². The van der Waals surface area contributed by atoms with Crippen molar-refractivity contribution in [3.8, 4) is 0 Å². The van der Waals surface area contributed by atoms with Crippen molar-refractivity contribution < 1.29 is 27.9 Å². The van der Waals surface area contributed by atoms with Crippen molar-refractivity contribution in [2.75, 3.05) is 57.7 Å². The highest BCUT2D eigenvalue weighted by Gasteiger charge is 2.34. The van der Waals surface area contributed by atoms with Gasteiger partial charge in [0.15, 0.2) is 0 Å². The molecule has 3 rings (SSSR count). The van der Waals surface area contributed by atoms with Crippen molar-refractivity contribution in [1.29, 1.82) is 0 Å². The minimum absolute atomic E-state index is 0.0330. The Morgan fingerprint density at radius 3 is 2.38 bits per heavy atom. The molecule has 1 aromatic rings. The molecular weight excluding hydrogens is 389 g/mol. The first-order chi connectivity index (χ1) is 13.8. The summed E-state index contributed by atoms with van der Waals surface area (Å²) in [6, 6.07) is 2.68. The van der Waals surface area contributed by atoms with Gasteiger partial charge in [0, 0.05) is 57.6 Å². The summed E-state index contributed by atoms with van der Waals surface area (Å²) in [5.74, 6) is -1.34. The van der Waals surface area contributed by atoms with Crippen LogP contribution in [0.3, 0.4) is 0 Å². The molecule has 0 bridgehead atoms. The van der Waals surface area contributed by atoms with Crippen LogP contribution < -0.4 is 10.6 Å². The average molecular weight is 412 g/mol. The van der Waals surface area contributed by atoms with Gasteiger partial charge in [-0.15, -0.1) is 0 Å². The van der Waals surface area contributed by atoms with Crippen molar-refractivity contribution >= 4 is 17.4 Å². The van der Waals surface area contributed by atoms with Crippen LogP contribution in [0, 0.1) is 0 Å². The molecule has 1 amide bonds. The lowest BCUT2D eigenvalue weighted by Gasteiger charge is -2.34. The Morgan fingerprint density at radius 1 is 1.10 bits per heavy atom. The van der Waals surface area contributed by atoms with E-state index in [1.54, 1.807) is 0 Å². The minimum Gasteiger partial charge on any atom is -0.395 e. The number of rotatable bonds is 6. The molecule has 10 heteroatoms. The minimum atomic E-state index is -4.55. The number of carbonyl (C=O) groups is 2. The largest absolute Gasteiger partial charge is 0.416 e. The predicted octanol–water partition coefficient (Wildman–Crippen LogP) is 0.924. The van der Waals surface area contributed by atoms with Crippen molar-refractivity contribution in [3.63, 3.8) is 0 Å². The second-order valence-corrected chi connectivity index (χ2v) is 6.96. The van der Waals surface area contributed by atoms with Crippen LogP contribution in [-0.2, 0) is 11.0 Å². The van der Waals surface area contributed by atoms with E-state index in [1.165, 1.54) is 6.20 Å². The fraction of sp³-hybridized carbons (Fsp3) is 0.474. The average Bonchev–Trinajstić information content (AvgIpc) is 2.67. The molecule has 0 unspecified atom stereocenters. The highest BCUT2D eigenvalue weighted by molar-refractivity contribution is 6.33. The summed E-state index contributed by atoms with van der Waals surface area (Å²) in [4.78, 5) is 29.1. The van der Waals surface area contributed by atoms with Crippen LogP contribution in [0.1, 0.15) is 15.9 Å². The van der Waals surface area contributed by atoms with Crippen LogP contribution in [-0.4, -0.2) is 79.0 Å². The van der Waals surface area contributed by atoms with Crippen LogP contribution in [0.15, 0.2) is 30.0 Å². The number of Topliss-reactive ketones (excluding diaryl/α,β-unsaturated/α-hetero) is 1. The molecule has 2 aliphatic heterocycles. The summed E-state index contributed by atoms with van der Waals surface area (Å²) in [5.41, 5.74) is -1.16. The molecule has 0 atom stereocenters. The molecule has 3 N–H and O–H groups in total. The molecule has 0 aromatic heterocycles. The number of β-amino-alcohol motifs (C(OH)–C–C–N with tert-alkyl or cyclic N) is 1. The Hall–Kier alpha value is -2.43. The van der Waals surface area contributed by atoms with Crippen LogP contribution in [0.25, 0.3) is 0 Å². The molecule has 0 spiro atoms. The normalized spacial score (nSPS) is 19.9. The van der Waals surface area contributed by atoms with Crippen LogP contribution in [0.4, 0.5) is 18.9 Å². The van der Waals surface area contributed by atoms with Crippen LogP contribution in [0.5, 0.6) is 0 Å². The quantitative estimate of drug-likeness (QED) is 0.366. The molecule has 0 aliphatic carbocycles.